The number of urea groups is 1. The summed E-state index contributed by atoms with van der Waals surface area (Å²) in [5, 5.41) is 52.6. The van der Waals surface area contributed by atoms with Crippen LogP contribution in [0.25, 0.3) is 38.7 Å². The van der Waals surface area contributed by atoms with Crippen molar-refractivity contribution in [1.82, 2.24) is 20.1 Å². The molecule has 4 aromatic rings. The van der Waals surface area contributed by atoms with Gasteiger partial charge in [0.1, 0.15) is 28.8 Å². The molecule has 3 aromatic carbocycles. The minimum Gasteiger partial charge on any atom is -0.507 e. The molecular formula is C54H68N6O14. The Hall–Kier alpha value is -6.74. The third-order valence-electron chi connectivity index (χ3n) is 15.4. The number of nitrogens with one attached hydrogen (secondary N) is 2. The summed E-state index contributed by atoms with van der Waals surface area (Å²) in [6.07, 6.45) is 4.68. The molecule has 6 N–H and O–H groups in total. The van der Waals surface area contributed by atoms with Gasteiger partial charge < -0.3 is 69.1 Å². The number of anilines is 2. The minimum atomic E-state index is -2.01. The molecule has 4 aliphatic rings. The highest BCUT2D eigenvalue weighted by molar-refractivity contribution is 6.17. The van der Waals surface area contributed by atoms with Crippen LogP contribution in [0.15, 0.2) is 62.3 Å². The molecule has 0 unspecified atom stereocenters. The first-order valence-electron chi connectivity index (χ1n) is 25.2. The Bertz CT molecular complexity index is 3140. The average Bonchev–Trinajstić information content (AvgIpc) is 3.64. The molecule has 2 saturated heterocycles. The van der Waals surface area contributed by atoms with E-state index >= 15 is 0 Å². The summed E-state index contributed by atoms with van der Waals surface area (Å²) in [6, 6.07) is 2.88. The number of aliphatic hydroxyl groups excluding tert-OH is 3. The topological polar surface area (TPSA) is 263 Å². The van der Waals surface area contributed by atoms with Crippen LogP contribution >= 0.6 is 0 Å². The number of piperidine rings is 1. The molecule has 5 heterocycles. The van der Waals surface area contributed by atoms with Gasteiger partial charge in [0, 0.05) is 124 Å². The van der Waals surface area contributed by atoms with E-state index in [-0.39, 0.29) is 67.1 Å². The lowest BCUT2D eigenvalue weighted by Gasteiger charge is -2.38. The summed E-state index contributed by atoms with van der Waals surface area (Å²) in [5.41, 5.74) is -1.76. The van der Waals surface area contributed by atoms with E-state index in [0.717, 1.165) is 13.1 Å². The van der Waals surface area contributed by atoms with Crippen molar-refractivity contribution in [1.29, 1.82) is 0 Å². The first kappa shape index (κ1) is 53.5. The number of phenolic OH excluding ortho intramolecular Hbond substituents is 1. The molecule has 9 atom stereocenters. The number of fused-ring (bicyclic) bond motifs is 2. The number of likely N-dealkylation sites (N-methyl/N-ethyl adjacent to an activating group) is 1. The van der Waals surface area contributed by atoms with E-state index in [4.69, 9.17) is 28.3 Å². The van der Waals surface area contributed by atoms with Gasteiger partial charge in [-0.1, -0.05) is 45.9 Å². The predicted octanol–water partition coefficient (Wildman–Crippen LogP) is 4.49. The van der Waals surface area contributed by atoms with Crippen molar-refractivity contribution in [2.45, 2.75) is 104 Å². The van der Waals surface area contributed by atoms with E-state index in [1.165, 1.54) is 59.3 Å². The molecule has 4 bridgehead atoms. The Morgan fingerprint density at radius 3 is 2.26 bits per heavy atom. The normalized spacial score (nSPS) is 29.4. The smallest absolute Gasteiger partial charge is 0.317 e. The first-order chi connectivity index (χ1) is 35.0. The molecule has 74 heavy (non-hydrogen) atoms. The number of nitrogens with zero attached hydrogens (tertiary/aromatic N) is 4. The third-order valence-corrected chi connectivity index (χ3v) is 15.4. The number of ether oxygens (including phenoxy) is 4. The number of hydrogen-bond acceptors (Lipinski definition) is 17. The number of allylic oxidation sites excluding steroid dienone is 2. The van der Waals surface area contributed by atoms with Gasteiger partial charge in [-0.25, -0.2) is 9.78 Å². The molecule has 3 amide bonds. The molecule has 0 saturated carbocycles. The Morgan fingerprint density at radius 2 is 1.59 bits per heavy atom. The number of aromatic nitrogens is 1. The van der Waals surface area contributed by atoms with Crippen molar-refractivity contribution < 1.29 is 58.2 Å². The van der Waals surface area contributed by atoms with E-state index in [0.29, 0.717) is 44.7 Å². The van der Waals surface area contributed by atoms with Crippen molar-refractivity contribution in [3.63, 3.8) is 0 Å². The maximum absolute atomic E-state index is 15.0. The Morgan fingerprint density at radius 1 is 0.905 bits per heavy atom. The molecule has 20 heteroatoms. The van der Waals surface area contributed by atoms with E-state index in [1.807, 2.05) is 16.8 Å². The number of carbonyl (C=O) groups excluding carboxylic acids is 3. The third kappa shape index (κ3) is 10.1. The van der Waals surface area contributed by atoms with E-state index in [1.54, 1.807) is 45.9 Å². The van der Waals surface area contributed by atoms with Crippen LogP contribution in [-0.2, 0) is 23.8 Å². The quantitative estimate of drug-likeness (QED) is 0.0935. The minimum absolute atomic E-state index is 0.0157. The highest BCUT2D eigenvalue weighted by Gasteiger charge is 2.44. The van der Waals surface area contributed by atoms with Crippen molar-refractivity contribution in [3.8, 4) is 11.5 Å². The lowest BCUT2D eigenvalue weighted by molar-refractivity contribution is -0.160. The van der Waals surface area contributed by atoms with Crippen molar-refractivity contribution in [3.05, 3.63) is 79.5 Å². The van der Waals surface area contributed by atoms with Gasteiger partial charge in [-0.3, -0.25) is 19.2 Å². The van der Waals surface area contributed by atoms with Gasteiger partial charge in [0.05, 0.1) is 35.2 Å². The molecule has 0 spiro atoms. The van der Waals surface area contributed by atoms with Crippen LogP contribution in [0.3, 0.4) is 0 Å². The summed E-state index contributed by atoms with van der Waals surface area (Å²) in [6.45, 7) is 16.5. The highest BCUT2D eigenvalue weighted by Crippen LogP contribution is 2.42. The average molecular weight is 1030 g/mol. The molecule has 0 aliphatic carbocycles. The van der Waals surface area contributed by atoms with Crippen LogP contribution in [0, 0.1) is 30.6 Å². The largest absolute Gasteiger partial charge is 0.507 e. The fourth-order valence-corrected chi connectivity index (χ4v) is 10.6. The Balaban J connectivity index is 1.26. The predicted molar refractivity (Wildman–Crippen MR) is 278 cm³/mol. The van der Waals surface area contributed by atoms with E-state index in [2.05, 4.69) is 15.5 Å². The van der Waals surface area contributed by atoms with Gasteiger partial charge in [0.25, 0.3) is 5.91 Å². The zero-order valence-electron chi connectivity index (χ0n) is 43.6. The number of methoxy groups -OCH3 is 1. The number of carbonyl (C=O) groups is 3. The Kier molecular flexibility index (Phi) is 15.4. The lowest BCUT2D eigenvalue weighted by Crippen LogP contribution is -2.54. The van der Waals surface area contributed by atoms with Crippen LogP contribution < -0.4 is 36.3 Å². The summed E-state index contributed by atoms with van der Waals surface area (Å²) in [5.74, 6) is -7.11. The van der Waals surface area contributed by atoms with Gasteiger partial charge in [-0.15, -0.1) is 0 Å². The van der Waals surface area contributed by atoms with Crippen LogP contribution in [0.4, 0.5) is 16.2 Å². The van der Waals surface area contributed by atoms with Crippen molar-refractivity contribution in [2.24, 2.45) is 23.7 Å². The molecular weight excluding hydrogens is 957 g/mol. The van der Waals surface area contributed by atoms with Crippen LogP contribution in [0.2, 0.25) is 0 Å². The number of rotatable bonds is 4. The van der Waals surface area contributed by atoms with Gasteiger partial charge >= 0.3 is 17.8 Å². The van der Waals surface area contributed by atoms with Crippen LogP contribution in [-0.4, -0.2) is 143 Å². The number of phenols is 1. The van der Waals surface area contributed by atoms with E-state index < -0.39 is 93.8 Å². The second-order valence-corrected chi connectivity index (χ2v) is 20.5. The number of amides is 3. The number of benzene rings is 3. The second-order valence-electron chi connectivity index (χ2n) is 20.5. The standard InChI is InChI=1S/C54H68N6O14/c1-26-12-11-13-27(2)52(68)57-43-47(66)39-38(42-50(43)73-37-25-34(24-35(62)41(37)56-42)59-17-14-33(15-18-59)55-53(69)60-21-19-58(9)20-22-60)40-49(31(6)46(39)65)74-54(8,51(40)67)71-23-16-36(70-10)28(3)48(72-32(7)61)30(5)45(64)29(4)44(26)63/h11-13,16,23-26,28-30,33,36,44-45,48,63-65,67H,14-15,17-22H2,1-10H3,(H,55,69)(H,57,68)/b12-11+,23-16+,27-13-/t26-,28+,29+,30+,36-,44-,45+,48+,54-/m0/s1. The summed E-state index contributed by atoms with van der Waals surface area (Å²) in [7, 11) is 3.47. The van der Waals surface area contributed by atoms with Crippen LogP contribution in [0.5, 0.6) is 11.5 Å². The number of aliphatic hydroxyl groups is 3. The Labute approximate surface area is 427 Å². The van der Waals surface area contributed by atoms with Crippen molar-refractivity contribution >= 4 is 68.0 Å². The van der Waals surface area contributed by atoms with Gasteiger partial charge in [0.2, 0.25) is 10.9 Å². The lowest BCUT2D eigenvalue weighted by atomic mass is 9.78. The highest BCUT2D eigenvalue weighted by atomic mass is 16.7. The molecule has 0 radical (unpaired) electrons. The molecule has 8 rings (SSSR count). The molecule has 4 aliphatic heterocycles. The fourth-order valence-electron chi connectivity index (χ4n) is 10.6. The van der Waals surface area contributed by atoms with Gasteiger partial charge in [-0.2, -0.15) is 0 Å². The maximum atomic E-state index is 15.0. The number of aromatic hydroxyl groups is 1. The zero-order valence-corrected chi connectivity index (χ0v) is 43.6. The second kappa shape index (κ2) is 21.2. The number of esters is 1. The van der Waals surface area contributed by atoms with Crippen molar-refractivity contribution in [2.75, 3.05) is 63.6 Å². The zero-order chi connectivity index (χ0) is 53.7. The van der Waals surface area contributed by atoms with Gasteiger partial charge in [-0.05, 0) is 39.8 Å². The molecule has 2 fully saturated rings. The molecule has 1 aromatic heterocycles. The van der Waals surface area contributed by atoms with Crippen LogP contribution in [0.1, 0.15) is 66.9 Å². The molecule has 398 valence electrons. The number of hydrogen-bond donors (Lipinski definition) is 6. The fraction of sp³-hybridized carbons (Fsp3) is 0.519. The van der Waals surface area contributed by atoms with E-state index in [9.17, 15) is 44.4 Å². The van der Waals surface area contributed by atoms with Gasteiger partial charge in [0.15, 0.2) is 22.4 Å². The SMILES string of the molecule is CO[C@H]1/C=C/O[C@@]2(C)Oc3c(C)c(O)c4c(=O)c(c5oc6cc(N7CCC(NC(=O)N8CCN(C)CC8)CC7)cc(=O)c6nc5c4c3=C2O)NC(=O)/C(C)=C\C=C\[C@H](C)[C@H](O)[C@@H](C)[C@@H](O)[C@@H](C)[C@H](OC(C)=O)[C@@H]1C. The summed E-state index contributed by atoms with van der Waals surface area (Å²) in [4.78, 5) is 79.6. The summed E-state index contributed by atoms with van der Waals surface area (Å²) < 4.78 is 30.6. The summed E-state index contributed by atoms with van der Waals surface area (Å²) >= 11 is 0. The first-order valence-corrected chi connectivity index (χ1v) is 25.2. The monoisotopic (exact) mass is 1020 g/mol. The maximum Gasteiger partial charge on any atom is 0.317 e. The molecule has 20 nitrogen and oxygen atoms in total. The number of piperazine rings is 1.